The number of carbonyl (C=O) groups is 3. The Morgan fingerprint density at radius 3 is 2.43 bits per heavy atom. The largest absolute Gasteiger partial charge is 0.461 e. The molecule has 162 valence electrons. The van der Waals surface area contributed by atoms with Crippen LogP contribution >= 0.6 is 0 Å². The van der Waals surface area contributed by atoms with E-state index in [1.807, 2.05) is 0 Å². The fourth-order valence-electron chi connectivity index (χ4n) is 4.30. The Morgan fingerprint density at radius 1 is 1.03 bits per heavy atom. The van der Waals surface area contributed by atoms with Crippen LogP contribution in [0.2, 0.25) is 0 Å². The van der Waals surface area contributed by atoms with Crippen LogP contribution in [0.3, 0.4) is 0 Å². The summed E-state index contributed by atoms with van der Waals surface area (Å²) in [5.41, 5.74) is 2.55. The summed E-state index contributed by atoms with van der Waals surface area (Å²) < 4.78 is 5.73. The van der Waals surface area contributed by atoms with Crippen molar-refractivity contribution in [1.29, 1.82) is 0 Å². The molecule has 0 heterocycles. The lowest BCUT2D eigenvalue weighted by Crippen LogP contribution is -2.48. The van der Waals surface area contributed by atoms with Gasteiger partial charge >= 0.3 is 5.97 Å². The lowest BCUT2D eigenvalue weighted by Gasteiger charge is -2.30. The summed E-state index contributed by atoms with van der Waals surface area (Å²) in [4.78, 5) is 37.0. The third-order valence-corrected chi connectivity index (χ3v) is 5.93. The fourth-order valence-corrected chi connectivity index (χ4v) is 4.30. The maximum Gasteiger partial charge on any atom is 0.329 e. The zero-order chi connectivity index (χ0) is 21.3. The summed E-state index contributed by atoms with van der Waals surface area (Å²) in [6, 6.07) is 6.11. The van der Waals surface area contributed by atoms with Crippen LogP contribution in [0.15, 0.2) is 30.3 Å². The van der Waals surface area contributed by atoms with Crippen molar-refractivity contribution in [2.45, 2.75) is 69.9 Å². The van der Waals surface area contributed by atoms with E-state index in [0.717, 1.165) is 57.8 Å². The number of esters is 1. The number of hydrogen-bond acceptors (Lipinski definition) is 5. The van der Waals surface area contributed by atoms with Gasteiger partial charge in [0.1, 0.15) is 12.1 Å². The average molecular weight is 415 g/mol. The molecule has 7 heteroatoms. The molecule has 1 aromatic rings. The number of hydrogen-bond donors (Lipinski definition) is 3. The average Bonchev–Trinajstić information content (AvgIpc) is 3.29. The molecular weight excluding hydrogens is 384 g/mol. The van der Waals surface area contributed by atoms with E-state index in [1.54, 1.807) is 24.3 Å². The Labute approximate surface area is 176 Å². The number of amides is 2. The Balaban J connectivity index is 1.71. The van der Waals surface area contributed by atoms with Crippen molar-refractivity contribution in [3.05, 3.63) is 41.5 Å². The second-order valence-corrected chi connectivity index (χ2v) is 8.13. The summed E-state index contributed by atoms with van der Waals surface area (Å²) >= 11 is 0. The lowest BCUT2D eigenvalue weighted by molar-refractivity contribution is -0.153. The molecule has 1 aromatic carbocycles. The Hall–Kier alpha value is -2.67. The number of rotatable bonds is 7. The second-order valence-electron chi connectivity index (χ2n) is 8.13. The SMILES string of the molecule is O=C(/C=C/c1cccc(C(=O)NC(C(=O)OC2CCCC2)C2CCCCC2)c1)NO. The van der Waals surface area contributed by atoms with Crippen molar-refractivity contribution in [1.82, 2.24) is 10.8 Å². The minimum absolute atomic E-state index is 0.0355. The van der Waals surface area contributed by atoms with Crippen LogP contribution in [-0.2, 0) is 14.3 Å². The summed E-state index contributed by atoms with van der Waals surface area (Å²) in [6.45, 7) is 0. The van der Waals surface area contributed by atoms with Gasteiger partial charge in [-0.05, 0) is 68.2 Å². The van der Waals surface area contributed by atoms with Crippen LogP contribution in [-0.4, -0.2) is 35.1 Å². The molecule has 0 bridgehead atoms. The van der Waals surface area contributed by atoms with E-state index < -0.39 is 11.9 Å². The van der Waals surface area contributed by atoms with Crippen molar-refractivity contribution < 1.29 is 24.3 Å². The topological polar surface area (TPSA) is 105 Å². The molecule has 3 rings (SSSR count). The molecule has 0 radical (unpaired) electrons. The third kappa shape index (κ3) is 6.16. The molecule has 0 saturated heterocycles. The van der Waals surface area contributed by atoms with Crippen molar-refractivity contribution in [2.75, 3.05) is 0 Å². The molecule has 7 nitrogen and oxygen atoms in total. The first-order chi connectivity index (χ1) is 14.6. The molecule has 0 aliphatic heterocycles. The van der Waals surface area contributed by atoms with Crippen LogP contribution in [0.4, 0.5) is 0 Å². The number of nitrogens with one attached hydrogen (secondary N) is 2. The minimum Gasteiger partial charge on any atom is -0.461 e. The molecule has 3 N–H and O–H groups in total. The molecule has 2 amide bonds. The van der Waals surface area contributed by atoms with Crippen LogP contribution in [0.25, 0.3) is 6.08 Å². The van der Waals surface area contributed by atoms with Gasteiger partial charge in [-0.2, -0.15) is 0 Å². The molecule has 1 atom stereocenters. The van der Waals surface area contributed by atoms with E-state index >= 15 is 0 Å². The molecule has 30 heavy (non-hydrogen) atoms. The molecule has 0 aromatic heterocycles. The summed E-state index contributed by atoms with van der Waals surface area (Å²) in [6.07, 6.45) is 11.7. The van der Waals surface area contributed by atoms with Gasteiger partial charge in [-0.3, -0.25) is 14.8 Å². The standard InChI is InChI=1S/C23H30N2O5/c26-20(25-29)14-13-16-7-6-10-18(15-16)22(27)24-21(17-8-2-1-3-9-17)23(28)30-19-11-4-5-12-19/h6-7,10,13-15,17,19,21,29H,1-5,8-9,11-12H2,(H,24,27)(H,25,26)/b14-13+. The van der Waals surface area contributed by atoms with Gasteiger partial charge < -0.3 is 10.1 Å². The van der Waals surface area contributed by atoms with E-state index in [2.05, 4.69) is 5.32 Å². The van der Waals surface area contributed by atoms with Crippen LogP contribution in [0.1, 0.15) is 73.7 Å². The van der Waals surface area contributed by atoms with Gasteiger partial charge in [-0.25, -0.2) is 10.3 Å². The molecule has 2 saturated carbocycles. The van der Waals surface area contributed by atoms with E-state index in [0.29, 0.717) is 11.1 Å². The molecule has 0 spiro atoms. The number of ether oxygens (including phenoxy) is 1. The number of benzene rings is 1. The van der Waals surface area contributed by atoms with Crippen molar-refractivity contribution in [3.8, 4) is 0 Å². The van der Waals surface area contributed by atoms with Crippen LogP contribution in [0.5, 0.6) is 0 Å². The van der Waals surface area contributed by atoms with E-state index in [4.69, 9.17) is 9.94 Å². The molecule has 1 unspecified atom stereocenters. The number of hydroxylamine groups is 1. The van der Waals surface area contributed by atoms with Crippen LogP contribution in [0, 0.1) is 5.92 Å². The zero-order valence-electron chi connectivity index (χ0n) is 17.1. The third-order valence-electron chi connectivity index (χ3n) is 5.93. The van der Waals surface area contributed by atoms with E-state index in [-0.39, 0.29) is 23.9 Å². The molecular formula is C23H30N2O5. The Kier molecular flexibility index (Phi) is 8.02. The predicted octanol–water partition coefficient (Wildman–Crippen LogP) is 3.37. The fraction of sp³-hybridized carbons (Fsp3) is 0.522. The predicted molar refractivity (Wildman–Crippen MR) is 112 cm³/mol. The van der Waals surface area contributed by atoms with Gasteiger partial charge in [0.2, 0.25) is 0 Å². The van der Waals surface area contributed by atoms with Gasteiger partial charge in [0.15, 0.2) is 0 Å². The van der Waals surface area contributed by atoms with E-state index in [1.165, 1.54) is 17.6 Å². The Morgan fingerprint density at radius 2 is 1.73 bits per heavy atom. The van der Waals surface area contributed by atoms with Gasteiger partial charge in [0.05, 0.1) is 0 Å². The maximum absolute atomic E-state index is 12.9. The monoisotopic (exact) mass is 414 g/mol. The highest BCUT2D eigenvalue weighted by molar-refractivity contribution is 5.97. The highest BCUT2D eigenvalue weighted by Gasteiger charge is 2.34. The first kappa shape index (κ1) is 22.0. The molecule has 2 aliphatic carbocycles. The Bertz CT molecular complexity index is 780. The maximum atomic E-state index is 12.9. The van der Waals surface area contributed by atoms with Crippen molar-refractivity contribution in [3.63, 3.8) is 0 Å². The van der Waals surface area contributed by atoms with E-state index in [9.17, 15) is 14.4 Å². The first-order valence-corrected chi connectivity index (χ1v) is 10.8. The quantitative estimate of drug-likeness (QED) is 0.275. The van der Waals surface area contributed by atoms with Crippen molar-refractivity contribution >= 4 is 23.9 Å². The normalized spacial score (nSPS) is 18.8. The van der Waals surface area contributed by atoms with Gasteiger partial charge in [-0.1, -0.05) is 31.4 Å². The van der Waals surface area contributed by atoms with Crippen molar-refractivity contribution in [2.24, 2.45) is 5.92 Å². The number of carbonyl (C=O) groups excluding carboxylic acids is 3. The zero-order valence-corrected chi connectivity index (χ0v) is 17.1. The highest BCUT2D eigenvalue weighted by Crippen LogP contribution is 2.29. The lowest BCUT2D eigenvalue weighted by atomic mass is 9.83. The first-order valence-electron chi connectivity index (χ1n) is 10.8. The van der Waals surface area contributed by atoms with Gasteiger partial charge in [0, 0.05) is 11.6 Å². The smallest absolute Gasteiger partial charge is 0.329 e. The minimum atomic E-state index is -0.656. The van der Waals surface area contributed by atoms with Crippen LogP contribution < -0.4 is 10.8 Å². The molecule has 2 fully saturated rings. The summed E-state index contributed by atoms with van der Waals surface area (Å²) in [5.74, 6) is -1.22. The van der Waals surface area contributed by atoms with Gasteiger partial charge in [-0.15, -0.1) is 0 Å². The second kappa shape index (κ2) is 10.9. The highest BCUT2D eigenvalue weighted by atomic mass is 16.5. The van der Waals surface area contributed by atoms with Gasteiger partial charge in [0.25, 0.3) is 11.8 Å². The summed E-state index contributed by atoms with van der Waals surface area (Å²) in [5, 5.41) is 11.5. The molecule has 2 aliphatic rings. The summed E-state index contributed by atoms with van der Waals surface area (Å²) in [7, 11) is 0.